The number of hydrogen-bond acceptors (Lipinski definition) is 3. The summed E-state index contributed by atoms with van der Waals surface area (Å²) < 4.78 is 5.43. The van der Waals surface area contributed by atoms with Crippen molar-refractivity contribution in [2.24, 2.45) is 5.92 Å². The van der Waals surface area contributed by atoms with Gasteiger partial charge >= 0.3 is 0 Å². The average Bonchev–Trinajstić information content (AvgIpc) is 2.89. The number of hydrogen-bond donors (Lipinski definition) is 1. The average molecular weight is 180 g/mol. The first kappa shape index (κ1) is 8.98. The molecule has 2 atom stereocenters. The van der Waals surface area contributed by atoms with Crippen molar-refractivity contribution in [3.63, 3.8) is 0 Å². The van der Waals surface area contributed by atoms with Gasteiger partial charge in [0.2, 0.25) is 0 Å². The van der Waals surface area contributed by atoms with Gasteiger partial charge in [-0.25, -0.2) is 0 Å². The fourth-order valence-corrected chi connectivity index (χ4v) is 1.81. The molecular formula is C10H16N2O. The van der Waals surface area contributed by atoms with Gasteiger partial charge in [-0.2, -0.15) is 5.26 Å². The Bertz CT molecular complexity index is 232. The van der Waals surface area contributed by atoms with Gasteiger partial charge in [0.15, 0.2) is 0 Å². The predicted molar refractivity (Wildman–Crippen MR) is 49.1 cm³/mol. The molecule has 3 nitrogen and oxygen atoms in total. The van der Waals surface area contributed by atoms with Crippen molar-refractivity contribution in [3.05, 3.63) is 0 Å². The van der Waals surface area contributed by atoms with Crippen LogP contribution in [0.5, 0.6) is 0 Å². The zero-order valence-corrected chi connectivity index (χ0v) is 8.05. The van der Waals surface area contributed by atoms with Gasteiger partial charge in [0.1, 0.15) is 5.54 Å². The SMILES string of the molecule is CC1OCCC1(C#N)NCC1CC1. The highest BCUT2D eigenvalue weighted by molar-refractivity contribution is 5.14. The van der Waals surface area contributed by atoms with Gasteiger partial charge in [-0.3, -0.25) is 5.32 Å². The third kappa shape index (κ3) is 1.70. The van der Waals surface area contributed by atoms with Crippen LogP contribution in [0.2, 0.25) is 0 Å². The Kier molecular flexibility index (Phi) is 2.27. The second-order valence-corrected chi connectivity index (χ2v) is 4.17. The van der Waals surface area contributed by atoms with Crippen LogP contribution < -0.4 is 5.32 Å². The molecule has 1 aliphatic heterocycles. The van der Waals surface area contributed by atoms with E-state index in [1.165, 1.54) is 12.8 Å². The normalized spacial score (nSPS) is 38.9. The highest BCUT2D eigenvalue weighted by atomic mass is 16.5. The molecule has 2 unspecified atom stereocenters. The van der Waals surface area contributed by atoms with Crippen LogP contribution in [0.4, 0.5) is 0 Å². The summed E-state index contributed by atoms with van der Waals surface area (Å²) in [6, 6.07) is 2.37. The molecule has 1 aliphatic carbocycles. The van der Waals surface area contributed by atoms with Crippen LogP contribution in [-0.2, 0) is 4.74 Å². The lowest BCUT2D eigenvalue weighted by Gasteiger charge is -2.25. The summed E-state index contributed by atoms with van der Waals surface area (Å²) in [6.07, 6.45) is 3.52. The number of nitriles is 1. The monoisotopic (exact) mass is 180 g/mol. The molecule has 13 heavy (non-hydrogen) atoms. The minimum Gasteiger partial charge on any atom is -0.375 e. The summed E-state index contributed by atoms with van der Waals surface area (Å²) in [4.78, 5) is 0. The third-order valence-electron chi connectivity index (χ3n) is 3.16. The first-order valence-corrected chi connectivity index (χ1v) is 5.05. The van der Waals surface area contributed by atoms with E-state index in [0.717, 1.165) is 18.9 Å². The maximum atomic E-state index is 9.13. The van der Waals surface area contributed by atoms with Gasteiger partial charge in [-0.1, -0.05) is 0 Å². The van der Waals surface area contributed by atoms with Crippen LogP contribution in [0.1, 0.15) is 26.2 Å². The van der Waals surface area contributed by atoms with Crippen LogP contribution >= 0.6 is 0 Å². The summed E-state index contributed by atoms with van der Waals surface area (Å²) >= 11 is 0. The van der Waals surface area contributed by atoms with E-state index in [-0.39, 0.29) is 6.10 Å². The molecule has 0 aromatic heterocycles. The standard InChI is InChI=1S/C10H16N2O/c1-8-10(7-11,4-5-13-8)12-6-9-2-3-9/h8-9,12H,2-6H2,1H3. The van der Waals surface area contributed by atoms with Crippen molar-refractivity contribution in [1.82, 2.24) is 5.32 Å². The molecule has 0 radical (unpaired) electrons. The molecule has 1 heterocycles. The van der Waals surface area contributed by atoms with E-state index in [1.54, 1.807) is 0 Å². The number of ether oxygens (including phenoxy) is 1. The van der Waals surface area contributed by atoms with E-state index >= 15 is 0 Å². The summed E-state index contributed by atoms with van der Waals surface area (Å²) in [5.41, 5.74) is -0.400. The summed E-state index contributed by atoms with van der Waals surface area (Å²) in [5, 5.41) is 12.5. The molecular weight excluding hydrogens is 164 g/mol. The fraction of sp³-hybridized carbons (Fsp3) is 0.900. The van der Waals surface area contributed by atoms with Gasteiger partial charge in [0.25, 0.3) is 0 Å². The second kappa shape index (κ2) is 3.28. The Hall–Kier alpha value is -0.590. The van der Waals surface area contributed by atoms with Crippen molar-refractivity contribution in [2.75, 3.05) is 13.2 Å². The fourth-order valence-electron chi connectivity index (χ4n) is 1.81. The molecule has 3 heteroatoms. The number of rotatable bonds is 3. The summed E-state index contributed by atoms with van der Waals surface area (Å²) in [6.45, 7) is 3.68. The Balaban J connectivity index is 1.93. The zero-order chi connectivity index (χ0) is 9.31. The lowest BCUT2D eigenvalue weighted by molar-refractivity contribution is 0.0985. The smallest absolute Gasteiger partial charge is 0.135 e. The van der Waals surface area contributed by atoms with Crippen molar-refractivity contribution >= 4 is 0 Å². The lowest BCUT2D eigenvalue weighted by Crippen LogP contribution is -2.50. The van der Waals surface area contributed by atoms with Crippen LogP contribution in [-0.4, -0.2) is 24.8 Å². The minimum absolute atomic E-state index is 0.0382. The van der Waals surface area contributed by atoms with Gasteiger partial charge < -0.3 is 4.74 Å². The lowest BCUT2D eigenvalue weighted by atomic mass is 9.94. The van der Waals surface area contributed by atoms with E-state index in [1.807, 2.05) is 6.92 Å². The van der Waals surface area contributed by atoms with Gasteiger partial charge in [-0.05, 0) is 32.2 Å². The Morgan fingerprint density at radius 1 is 1.62 bits per heavy atom. The van der Waals surface area contributed by atoms with Gasteiger partial charge in [0, 0.05) is 13.0 Å². The predicted octanol–water partition coefficient (Wildman–Crippen LogP) is 1.06. The molecule has 2 rings (SSSR count). The molecule has 72 valence electrons. The largest absolute Gasteiger partial charge is 0.375 e. The topological polar surface area (TPSA) is 45.0 Å². The zero-order valence-electron chi connectivity index (χ0n) is 8.05. The van der Waals surface area contributed by atoms with Crippen molar-refractivity contribution in [2.45, 2.75) is 37.8 Å². The molecule has 0 aromatic carbocycles. The molecule has 0 aromatic rings. The van der Waals surface area contributed by atoms with E-state index in [9.17, 15) is 0 Å². The van der Waals surface area contributed by atoms with Crippen LogP contribution in [0.25, 0.3) is 0 Å². The van der Waals surface area contributed by atoms with E-state index in [0.29, 0.717) is 6.61 Å². The molecule has 0 spiro atoms. The molecule has 0 amide bonds. The van der Waals surface area contributed by atoms with Crippen molar-refractivity contribution in [1.29, 1.82) is 5.26 Å². The second-order valence-electron chi connectivity index (χ2n) is 4.17. The summed E-state index contributed by atoms with van der Waals surface area (Å²) in [5.74, 6) is 0.818. The van der Waals surface area contributed by atoms with Crippen LogP contribution in [0.3, 0.4) is 0 Å². The molecule has 0 bridgehead atoms. The maximum Gasteiger partial charge on any atom is 0.135 e. The van der Waals surface area contributed by atoms with E-state index in [4.69, 9.17) is 10.00 Å². The highest BCUT2D eigenvalue weighted by Gasteiger charge is 2.42. The first-order chi connectivity index (χ1) is 6.27. The van der Waals surface area contributed by atoms with Crippen LogP contribution in [0.15, 0.2) is 0 Å². The Labute approximate surface area is 79.1 Å². The van der Waals surface area contributed by atoms with Crippen LogP contribution in [0, 0.1) is 17.2 Å². The third-order valence-corrected chi connectivity index (χ3v) is 3.16. The molecule has 1 saturated heterocycles. The summed E-state index contributed by atoms with van der Waals surface area (Å²) in [7, 11) is 0. The van der Waals surface area contributed by atoms with Crippen molar-refractivity contribution < 1.29 is 4.74 Å². The quantitative estimate of drug-likeness (QED) is 0.706. The Morgan fingerprint density at radius 3 is 2.85 bits per heavy atom. The first-order valence-electron chi connectivity index (χ1n) is 5.05. The Morgan fingerprint density at radius 2 is 2.38 bits per heavy atom. The van der Waals surface area contributed by atoms with E-state index in [2.05, 4.69) is 11.4 Å². The molecule has 2 aliphatic rings. The van der Waals surface area contributed by atoms with Crippen molar-refractivity contribution in [3.8, 4) is 6.07 Å². The van der Waals surface area contributed by atoms with E-state index < -0.39 is 5.54 Å². The maximum absolute atomic E-state index is 9.13. The molecule has 1 saturated carbocycles. The highest BCUT2D eigenvalue weighted by Crippen LogP contribution is 2.31. The minimum atomic E-state index is -0.400. The van der Waals surface area contributed by atoms with Gasteiger partial charge in [0.05, 0.1) is 12.2 Å². The molecule has 1 N–H and O–H groups in total. The van der Waals surface area contributed by atoms with Gasteiger partial charge in [-0.15, -0.1) is 0 Å². The number of nitrogens with zero attached hydrogens (tertiary/aromatic N) is 1. The number of nitrogens with one attached hydrogen (secondary N) is 1. The molecule has 2 fully saturated rings.